The number of oxazole rings is 1. The molecule has 1 aliphatic rings. The van der Waals surface area contributed by atoms with Crippen molar-refractivity contribution >= 4 is 0 Å². The molecule has 4 heteroatoms. The van der Waals surface area contributed by atoms with Crippen molar-refractivity contribution in [1.82, 2.24) is 15.2 Å². The number of nitrogens with zero attached hydrogens (tertiary/aromatic N) is 2. The molecule has 1 N–H and O–H groups in total. The molecule has 1 unspecified atom stereocenters. The van der Waals surface area contributed by atoms with Crippen LogP contribution < -0.4 is 5.32 Å². The smallest absolute Gasteiger partial charge is 0.208 e. The standard InChI is InChI=1S/C14H25N3O/c1-3-6-12-10-17(8-5-7-15-12)11-14-16-9-13(4-2)18-14/h9,12,15H,3-8,10-11H2,1-2H3. The Morgan fingerprint density at radius 3 is 3.11 bits per heavy atom. The van der Waals surface area contributed by atoms with Crippen molar-refractivity contribution in [2.45, 2.75) is 52.1 Å². The molecule has 0 bridgehead atoms. The van der Waals surface area contributed by atoms with E-state index >= 15 is 0 Å². The van der Waals surface area contributed by atoms with Gasteiger partial charge in [-0.1, -0.05) is 20.3 Å². The van der Waals surface area contributed by atoms with Crippen molar-refractivity contribution in [3.63, 3.8) is 0 Å². The third kappa shape index (κ3) is 3.82. The molecule has 0 spiro atoms. The molecule has 2 rings (SSSR count). The van der Waals surface area contributed by atoms with Gasteiger partial charge >= 0.3 is 0 Å². The minimum atomic E-state index is 0.623. The Kier molecular flexibility index (Phi) is 5.20. The highest BCUT2D eigenvalue weighted by Gasteiger charge is 2.18. The van der Waals surface area contributed by atoms with Crippen LogP contribution in [0.5, 0.6) is 0 Å². The highest BCUT2D eigenvalue weighted by atomic mass is 16.4. The topological polar surface area (TPSA) is 41.3 Å². The SMILES string of the molecule is CCCC1CN(Cc2ncc(CC)o2)CCCN1. The molecule has 18 heavy (non-hydrogen) atoms. The maximum Gasteiger partial charge on any atom is 0.208 e. The molecule has 0 aromatic carbocycles. The first-order valence-electron chi connectivity index (χ1n) is 7.21. The third-order valence-corrected chi connectivity index (χ3v) is 3.51. The normalized spacial score (nSPS) is 22.0. The van der Waals surface area contributed by atoms with Gasteiger partial charge in [-0.25, -0.2) is 4.98 Å². The van der Waals surface area contributed by atoms with E-state index in [1.807, 2.05) is 6.20 Å². The number of hydrogen-bond donors (Lipinski definition) is 1. The largest absolute Gasteiger partial charge is 0.444 e. The summed E-state index contributed by atoms with van der Waals surface area (Å²) in [7, 11) is 0. The van der Waals surface area contributed by atoms with Crippen molar-refractivity contribution in [1.29, 1.82) is 0 Å². The summed E-state index contributed by atoms with van der Waals surface area (Å²) in [5.74, 6) is 1.85. The number of hydrogen-bond acceptors (Lipinski definition) is 4. The fourth-order valence-corrected chi connectivity index (χ4v) is 2.54. The molecule has 4 nitrogen and oxygen atoms in total. The second kappa shape index (κ2) is 6.90. The van der Waals surface area contributed by atoms with E-state index in [0.717, 1.165) is 44.3 Å². The molecule has 102 valence electrons. The van der Waals surface area contributed by atoms with Gasteiger partial charge in [-0.05, 0) is 25.9 Å². The molecule has 0 aliphatic carbocycles. The second-order valence-corrected chi connectivity index (χ2v) is 5.10. The Labute approximate surface area is 110 Å². The zero-order chi connectivity index (χ0) is 12.8. The number of aromatic nitrogens is 1. The highest BCUT2D eigenvalue weighted by molar-refractivity contribution is 4.94. The fourth-order valence-electron chi connectivity index (χ4n) is 2.54. The lowest BCUT2D eigenvalue weighted by molar-refractivity contribution is 0.229. The third-order valence-electron chi connectivity index (χ3n) is 3.51. The van der Waals surface area contributed by atoms with Crippen molar-refractivity contribution in [2.75, 3.05) is 19.6 Å². The summed E-state index contributed by atoms with van der Waals surface area (Å²) in [6.45, 7) is 8.57. The van der Waals surface area contributed by atoms with Gasteiger partial charge in [0.1, 0.15) is 5.76 Å². The number of rotatable bonds is 5. The first-order chi connectivity index (χ1) is 8.81. The van der Waals surface area contributed by atoms with E-state index < -0.39 is 0 Å². The average molecular weight is 251 g/mol. The first kappa shape index (κ1) is 13.6. The molecule has 1 aromatic rings. The van der Waals surface area contributed by atoms with E-state index in [0.29, 0.717) is 6.04 Å². The van der Waals surface area contributed by atoms with Crippen LogP contribution >= 0.6 is 0 Å². The molecule has 1 saturated heterocycles. The number of nitrogens with one attached hydrogen (secondary N) is 1. The Morgan fingerprint density at radius 2 is 2.39 bits per heavy atom. The van der Waals surface area contributed by atoms with E-state index in [2.05, 4.69) is 29.0 Å². The quantitative estimate of drug-likeness (QED) is 0.871. The lowest BCUT2D eigenvalue weighted by Crippen LogP contribution is -2.37. The van der Waals surface area contributed by atoms with Gasteiger partial charge in [-0.2, -0.15) is 0 Å². The lowest BCUT2D eigenvalue weighted by atomic mass is 10.1. The molecular weight excluding hydrogens is 226 g/mol. The van der Waals surface area contributed by atoms with Gasteiger partial charge < -0.3 is 9.73 Å². The van der Waals surface area contributed by atoms with Gasteiger partial charge in [0, 0.05) is 19.0 Å². The molecular formula is C14H25N3O. The van der Waals surface area contributed by atoms with Crippen LogP contribution in [0.15, 0.2) is 10.6 Å². The van der Waals surface area contributed by atoms with E-state index in [1.165, 1.54) is 19.3 Å². The first-order valence-corrected chi connectivity index (χ1v) is 7.21. The zero-order valence-electron chi connectivity index (χ0n) is 11.6. The molecule has 0 saturated carbocycles. The van der Waals surface area contributed by atoms with Crippen LogP contribution in [0.3, 0.4) is 0 Å². The molecule has 2 heterocycles. The van der Waals surface area contributed by atoms with Crippen LogP contribution in [-0.4, -0.2) is 35.6 Å². The summed E-state index contributed by atoms with van der Waals surface area (Å²) in [4.78, 5) is 6.82. The zero-order valence-corrected chi connectivity index (χ0v) is 11.6. The summed E-state index contributed by atoms with van der Waals surface area (Å²) in [5.41, 5.74) is 0. The summed E-state index contributed by atoms with van der Waals surface area (Å²) in [6.07, 6.45) is 6.48. The summed E-state index contributed by atoms with van der Waals surface area (Å²) < 4.78 is 5.70. The van der Waals surface area contributed by atoms with Gasteiger partial charge in [0.2, 0.25) is 5.89 Å². The highest BCUT2D eigenvalue weighted by Crippen LogP contribution is 2.11. The minimum absolute atomic E-state index is 0.623. The van der Waals surface area contributed by atoms with Gasteiger partial charge in [0.05, 0.1) is 12.7 Å². The van der Waals surface area contributed by atoms with E-state index in [1.54, 1.807) is 0 Å². The monoisotopic (exact) mass is 251 g/mol. The van der Waals surface area contributed by atoms with Crippen LogP contribution in [-0.2, 0) is 13.0 Å². The van der Waals surface area contributed by atoms with E-state index in [4.69, 9.17) is 4.42 Å². The second-order valence-electron chi connectivity index (χ2n) is 5.10. The summed E-state index contributed by atoms with van der Waals surface area (Å²) in [6, 6.07) is 0.623. The van der Waals surface area contributed by atoms with Crippen molar-refractivity contribution in [2.24, 2.45) is 0 Å². The van der Waals surface area contributed by atoms with Gasteiger partial charge in [-0.15, -0.1) is 0 Å². The predicted octanol–water partition coefficient (Wildman–Crippen LogP) is 2.20. The van der Waals surface area contributed by atoms with Crippen LogP contribution in [0.25, 0.3) is 0 Å². The van der Waals surface area contributed by atoms with Crippen LogP contribution in [0, 0.1) is 0 Å². The summed E-state index contributed by atoms with van der Waals surface area (Å²) in [5, 5.41) is 3.62. The Bertz CT molecular complexity index is 351. The Hall–Kier alpha value is -0.870. The molecule has 1 aromatic heterocycles. The number of aryl methyl sites for hydroxylation is 1. The van der Waals surface area contributed by atoms with Crippen molar-refractivity contribution in [3.8, 4) is 0 Å². The predicted molar refractivity (Wildman–Crippen MR) is 72.5 cm³/mol. The molecule has 0 amide bonds. The van der Waals surface area contributed by atoms with Crippen LogP contribution in [0.1, 0.15) is 44.8 Å². The van der Waals surface area contributed by atoms with Crippen LogP contribution in [0.4, 0.5) is 0 Å². The molecule has 1 aliphatic heterocycles. The average Bonchev–Trinajstić information content (AvgIpc) is 2.70. The lowest BCUT2D eigenvalue weighted by Gasteiger charge is -2.22. The Morgan fingerprint density at radius 1 is 1.50 bits per heavy atom. The fraction of sp³-hybridized carbons (Fsp3) is 0.786. The maximum atomic E-state index is 5.70. The summed E-state index contributed by atoms with van der Waals surface area (Å²) >= 11 is 0. The van der Waals surface area contributed by atoms with E-state index in [9.17, 15) is 0 Å². The van der Waals surface area contributed by atoms with Crippen molar-refractivity contribution < 1.29 is 4.42 Å². The van der Waals surface area contributed by atoms with Crippen molar-refractivity contribution in [3.05, 3.63) is 17.8 Å². The molecule has 1 fully saturated rings. The van der Waals surface area contributed by atoms with Gasteiger partial charge in [0.25, 0.3) is 0 Å². The molecule has 0 radical (unpaired) electrons. The van der Waals surface area contributed by atoms with Crippen LogP contribution in [0.2, 0.25) is 0 Å². The maximum absolute atomic E-state index is 5.70. The van der Waals surface area contributed by atoms with Gasteiger partial charge in [-0.3, -0.25) is 4.90 Å². The Balaban J connectivity index is 1.90. The van der Waals surface area contributed by atoms with E-state index in [-0.39, 0.29) is 0 Å². The van der Waals surface area contributed by atoms with Gasteiger partial charge in [0.15, 0.2) is 0 Å². The minimum Gasteiger partial charge on any atom is -0.444 e. The molecule has 1 atom stereocenters.